The van der Waals surface area contributed by atoms with Crippen molar-refractivity contribution >= 4 is 21.7 Å². The third kappa shape index (κ3) is 3.61. The van der Waals surface area contributed by atoms with Gasteiger partial charge in [0.15, 0.2) is 11.5 Å². The molecule has 116 valence electrons. The lowest BCUT2D eigenvalue weighted by molar-refractivity contribution is 0.390. The Labute approximate surface area is 135 Å². The molecule has 0 aliphatic carbocycles. The van der Waals surface area contributed by atoms with E-state index in [4.69, 9.17) is 20.5 Å². The van der Waals surface area contributed by atoms with E-state index in [1.165, 1.54) is 19.2 Å². The summed E-state index contributed by atoms with van der Waals surface area (Å²) in [5.41, 5.74) is 0.939. The summed E-state index contributed by atoms with van der Waals surface area (Å²) >= 11 is 5.91. The average molecular weight is 339 g/mol. The zero-order valence-electron chi connectivity index (χ0n) is 12.0. The van der Waals surface area contributed by atoms with Crippen LogP contribution >= 0.6 is 11.6 Å². The third-order valence-corrected chi connectivity index (χ3v) is 4.65. The molecular weight excluding hydrogens is 324 g/mol. The highest BCUT2D eigenvalue weighted by Crippen LogP contribution is 2.32. The van der Waals surface area contributed by atoms with E-state index in [0.717, 1.165) is 5.56 Å². The molecule has 0 saturated carbocycles. The Balaban J connectivity index is 2.37. The second-order valence-corrected chi connectivity index (χ2v) is 6.37. The van der Waals surface area contributed by atoms with Crippen LogP contribution in [0.3, 0.4) is 0 Å². The van der Waals surface area contributed by atoms with Crippen molar-refractivity contribution < 1.29 is 17.3 Å². The number of allylic oxidation sites excluding steroid dienone is 1. The SMILES string of the molecule is C=CCc1ccc(OS(=O)(=O)c2ccccc2Cl)c(OC)c1. The van der Waals surface area contributed by atoms with Crippen molar-refractivity contribution in [2.24, 2.45) is 0 Å². The Bertz CT molecular complexity index is 784. The molecule has 6 heteroatoms. The average Bonchev–Trinajstić information content (AvgIpc) is 2.49. The van der Waals surface area contributed by atoms with Crippen molar-refractivity contribution in [1.82, 2.24) is 0 Å². The lowest BCUT2D eigenvalue weighted by atomic mass is 10.1. The van der Waals surface area contributed by atoms with Crippen molar-refractivity contribution in [3.8, 4) is 11.5 Å². The van der Waals surface area contributed by atoms with Crippen LogP contribution in [0.2, 0.25) is 5.02 Å². The van der Waals surface area contributed by atoms with Gasteiger partial charge in [-0.05, 0) is 36.2 Å². The van der Waals surface area contributed by atoms with Gasteiger partial charge in [0, 0.05) is 0 Å². The summed E-state index contributed by atoms with van der Waals surface area (Å²) in [5, 5.41) is 0.102. The second-order valence-electron chi connectivity index (χ2n) is 4.45. The number of hydrogen-bond donors (Lipinski definition) is 0. The molecule has 0 saturated heterocycles. The van der Waals surface area contributed by atoms with Crippen LogP contribution < -0.4 is 8.92 Å². The van der Waals surface area contributed by atoms with Gasteiger partial charge in [0.05, 0.1) is 12.1 Å². The summed E-state index contributed by atoms with van der Waals surface area (Å²) in [6, 6.07) is 11.1. The van der Waals surface area contributed by atoms with Gasteiger partial charge in [-0.2, -0.15) is 8.42 Å². The van der Waals surface area contributed by atoms with Gasteiger partial charge >= 0.3 is 10.1 Å². The molecule has 0 aromatic heterocycles. The number of ether oxygens (including phenoxy) is 1. The predicted octanol–water partition coefficient (Wildman–Crippen LogP) is 3.84. The van der Waals surface area contributed by atoms with Crippen molar-refractivity contribution in [2.45, 2.75) is 11.3 Å². The van der Waals surface area contributed by atoms with Gasteiger partial charge in [0.25, 0.3) is 0 Å². The largest absolute Gasteiger partial charge is 0.493 e. The van der Waals surface area contributed by atoms with E-state index in [0.29, 0.717) is 12.2 Å². The van der Waals surface area contributed by atoms with Crippen LogP contribution in [0.4, 0.5) is 0 Å². The lowest BCUT2D eigenvalue weighted by Crippen LogP contribution is -2.11. The summed E-state index contributed by atoms with van der Waals surface area (Å²) in [5.74, 6) is 0.435. The molecule has 0 heterocycles. The predicted molar refractivity (Wildman–Crippen MR) is 86.2 cm³/mol. The lowest BCUT2D eigenvalue weighted by Gasteiger charge is -2.12. The first-order valence-electron chi connectivity index (χ1n) is 6.45. The van der Waals surface area contributed by atoms with E-state index >= 15 is 0 Å². The van der Waals surface area contributed by atoms with Crippen LogP contribution in [0, 0.1) is 0 Å². The smallest absolute Gasteiger partial charge is 0.340 e. The number of hydrogen-bond acceptors (Lipinski definition) is 4. The topological polar surface area (TPSA) is 52.6 Å². The quantitative estimate of drug-likeness (QED) is 0.593. The zero-order valence-corrected chi connectivity index (χ0v) is 13.5. The molecule has 0 amide bonds. The maximum absolute atomic E-state index is 12.3. The molecular formula is C16H15ClO4S. The Morgan fingerprint density at radius 1 is 1.18 bits per heavy atom. The summed E-state index contributed by atoms with van der Waals surface area (Å²) < 4.78 is 35.0. The number of rotatable bonds is 6. The summed E-state index contributed by atoms with van der Waals surface area (Å²) in [6.45, 7) is 3.66. The van der Waals surface area contributed by atoms with Crippen LogP contribution in [0.15, 0.2) is 60.0 Å². The summed E-state index contributed by atoms with van der Waals surface area (Å²) in [7, 11) is -2.59. The Kier molecular flexibility index (Phi) is 5.11. The molecule has 0 atom stereocenters. The molecule has 0 unspecified atom stereocenters. The van der Waals surface area contributed by atoms with Crippen LogP contribution in [0.25, 0.3) is 0 Å². The van der Waals surface area contributed by atoms with Gasteiger partial charge in [0.1, 0.15) is 4.90 Å². The minimum absolute atomic E-state index is 0.0890. The van der Waals surface area contributed by atoms with Gasteiger partial charge < -0.3 is 8.92 Å². The molecule has 4 nitrogen and oxygen atoms in total. The number of methoxy groups -OCH3 is 1. The molecule has 2 rings (SSSR count). The highest BCUT2D eigenvalue weighted by Gasteiger charge is 2.21. The Morgan fingerprint density at radius 3 is 2.55 bits per heavy atom. The molecule has 0 fully saturated rings. The van der Waals surface area contributed by atoms with Gasteiger partial charge in [-0.1, -0.05) is 35.9 Å². The Morgan fingerprint density at radius 2 is 1.91 bits per heavy atom. The zero-order chi connectivity index (χ0) is 16.2. The molecule has 22 heavy (non-hydrogen) atoms. The molecule has 0 aliphatic heterocycles. The first-order valence-corrected chi connectivity index (χ1v) is 8.23. The molecule has 0 bridgehead atoms. The van der Waals surface area contributed by atoms with Gasteiger partial charge in [0.2, 0.25) is 0 Å². The van der Waals surface area contributed by atoms with E-state index in [9.17, 15) is 8.42 Å². The molecule has 0 spiro atoms. The normalized spacial score (nSPS) is 11.0. The fourth-order valence-electron chi connectivity index (χ4n) is 1.89. The highest BCUT2D eigenvalue weighted by atomic mass is 35.5. The Hall–Kier alpha value is -1.98. The van der Waals surface area contributed by atoms with Gasteiger partial charge in [-0.25, -0.2) is 0 Å². The molecule has 2 aromatic rings. The van der Waals surface area contributed by atoms with Crippen LogP contribution in [-0.4, -0.2) is 15.5 Å². The first-order chi connectivity index (χ1) is 10.5. The molecule has 0 N–H and O–H groups in total. The maximum atomic E-state index is 12.3. The van der Waals surface area contributed by atoms with Crippen molar-refractivity contribution in [3.05, 3.63) is 65.7 Å². The third-order valence-electron chi connectivity index (χ3n) is 2.91. The van der Waals surface area contributed by atoms with Crippen molar-refractivity contribution in [1.29, 1.82) is 0 Å². The number of halogens is 1. The first kappa shape index (κ1) is 16.4. The fourth-order valence-corrected chi connectivity index (χ4v) is 3.32. The monoisotopic (exact) mass is 338 g/mol. The summed E-state index contributed by atoms with van der Waals surface area (Å²) in [6.07, 6.45) is 2.39. The second kappa shape index (κ2) is 6.85. The maximum Gasteiger partial charge on any atom is 0.340 e. The van der Waals surface area contributed by atoms with Crippen molar-refractivity contribution in [3.63, 3.8) is 0 Å². The minimum Gasteiger partial charge on any atom is -0.493 e. The van der Waals surface area contributed by atoms with E-state index in [1.807, 2.05) is 0 Å². The van der Waals surface area contributed by atoms with E-state index in [-0.39, 0.29) is 15.7 Å². The van der Waals surface area contributed by atoms with Gasteiger partial charge in [-0.3, -0.25) is 0 Å². The van der Waals surface area contributed by atoms with E-state index in [2.05, 4.69) is 6.58 Å². The van der Waals surface area contributed by atoms with Gasteiger partial charge in [-0.15, -0.1) is 6.58 Å². The van der Waals surface area contributed by atoms with Crippen LogP contribution in [0.1, 0.15) is 5.56 Å². The van der Waals surface area contributed by atoms with Crippen LogP contribution in [0.5, 0.6) is 11.5 Å². The molecule has 0 radical (unpaired) electrons. The summed E-state index contributed by atoms with van der Waals surface area (Å²) in [4.78, 5) is -0.0890. The van der Waals surface area contributed by atoms with E-state index in [1.54, 1.807) is 36.4 Å². The highest BCUT2D eigenvalue weighted by molar-refractivity contribution is 7.87. The van der Waals surface area contributed by atoms with E-state index < -0.39 is 10.1 Å². The molecule has 2 aromatic carbocycles. The molecule has 0 aliphatic rings. The standard InChI is InChI=1S/C16H15ClO4S/c1-3-6-12-9-10-14(15(11-12)20-2)21-22(18,19)16-8-5-4-7-13(16)17/h3-5,7-11H,1,6H2,2H3. The van der Waals surface area contributed by atoms with Crippen LogP contribution in [-0.2, 0) is 16.5 Å². The number of benzene rings is 2. The van der Waals surface area contributed by atoms with Crippen molar-refractivity contribution in [2.75, 3.05) is 7.11 Å². The minimum atomic E-state index is -4.03. The fraction of sp³-hybridized carbons (Fsp3) is 0.125.